The van der Waals surface area contributed by atoms with E-state index in [1.807, 2.05) is 18.5 Å². The molecule has 0 aliphatic carbocycles. The van der Waals surface area contributed by atoms with Gasteiger partial charge in [0.2, 0.25) is 0 Å². The van der Waals surface area contributed by atoms with Crippen LogP contribution in [-0.4, -0.2) is 21.4 Å². The van der Waals surface area contributed by atoms with Gasteiger partial charge in [0.15, 0.2) is 0 Å². The first-order valence-corrected chi connectivity index (χ1v) is 6.97. The zero-order valence-corrected chi connectivity index (χ0v) is 11.7. The highest BCUT2D eigenvalue weighted by molar-refractivity contribution is 5.53. The molecular formula is C15H25NO3. The number of carboxylic acid groups (broad SMARTS) is 2. The molecule has 0 unspecified atom stereocenters. The van der Waals surface area contributed by atoms with E-state index in [9.17, 15) is 0 Å². The van der Waals surface area contributed by atoms with E-state index in [1.54, 1.807) is 0 Å². The molecule has 0 amide bonds. The van der Waals surface area contributed by atoms with E-state index in [4.69, 9.17) is 15.0 Å². The normalized spacial score (nSPS) is 9.53. The summed E-state index contributed by atoms with van der Waals surface area (Å²) < 4.78 is 0. The van der Waals surface area contributed by atoms with Gasteiger partial charge in [-0.05, 0) is 24.5 Å². The third-order valence-corrected chi connectivity index (χ3v) is 2.79. The molecule has 0 fully saturated rings. The molecule has 2 N–H and O–H groups in total. The third kappa shape index (κ3) is 14.4. The summed E-state index contributed by atoms with van der Waals surface area (Å²) in [5.41, 5.74) is 1.38. The molecule has 0 saturated heterocycles. The summed E-state index contributed by atoms with van der Waals surface area (Å²) in [5, 5.41) is 13.9. The fourth-order valence-electron chi connectivity index (χ4n) is 1.83. The minimum absolute atomic E-state index is 1.20. The van der Waals surface area contributed by atoms with Gasteiger partial charge in [-0.2, -0.15) is 0 Å². The Morgan fingerprint density at radius 3 is 2.21 bits per heavy atom. The summed E-state index contributed by atoms with van der Waals surface area (Å²) >= 11 is 0. The molecule has 0 aliphatic rings. The highest BCUT2D eigenvalue weighted by atomic mass is 16.6. The number of aromatic nitrogens is 1. The molecule has 0 aromatic carbocycles. The summed E-state index contributed by atoms with van der Waals surface area (Å²) in [5.74, 6) is 0. The molecular weight excluding hydrogens is 242 g/mol. The Kier molecular flexibility index (Phi) is 11.8. The second kappa shape index (κ2) is 12.9. The lowest BCUT2D eigenvalue weighted by molar-refractivity contribution is 0.137. The molecule has 4 heteroatoms. The van der Waals surface area contributed by atoms with Crippen molar-refractivity contribution in [1.82, 2.24) is 4.98 Å². The van der Waals surface area contributed by atoms with Gasteiger partial charge < -0.3 is 10.2 Å². The molecule has 19 heavy (non-hydrogen) atoms. The zero-order chi connectivity index (χ0) is 14.3. The van der Waals surface area contributed by atoms with Crippen molar-refractivity contribution in [2.24, 2.45) is 0 Å². The van der Waals surface area contributed by atoms with Gasteiger partial charge in [0.25, 0.3) is 0 Å². The molecule has 0 radical (unpaired) electrons. The van der Waals surface area contributed by atoms with Crippen molar-refractivity contribution in [2.45, 2.75) is 58.3 Å². The second-order valence-electron chi connectivity index (χ2n) is 4.52. The highest BCUT2D eigenvalue weighted by Crippen LogP contribution is 2.09. The van der Waals surface area contributed by atoms with Crippen molar-refractivity contribution in [1.29, 1.82) is 0 Å². The lowest BCUT2D eigenvalue weighted by atomic mass is 10.1. The molecule has 0 atom stereocenters. The van der Waals surface area contributed by atoms with E-state index >= 15 is 0 Å². The number of aryl methyl sites for hydroxylation is 1. The van der Waals surface area contributed by atoms with Crippen molar-refractivity contribution >= 4 is 6.16 Å². The average molecular weight is 267 g/mol. The third-order valence-electron chi connectivity index (χ3n) is 2.79. The Balaban J connectivity index is 0.000000711. The maximum atomic E-state index is 8.56. The Morgan fingerprint density at radius 2 is 1.68 bits per heavy atom. The number of carbonyl (C=O) groups is 1. The van der Waals surface area contributed by atoms with E-state index in [0.717, 1.165) is 0 Å². The van der Waals surface area contributed by atoms with Crippen LogP contribution in [0.2, 0.25) is 0 Å². The number of nitrogens with zero attached hydrogens (tertiary/aromatic N) is 1. The van der Waals surface area contributed by atoms with Crippen LogP contribution in [0.4, 0.5) is 4.79 Å². The van der Waals surface area contributed by atoms with Crippen LogP contribution in [-0.2, 0) is 6.42 Å². The molecule has 108 valence electrons. The number of rotatable bonds is 8. The standard InChI is InChI=1S/C14H23N.CH2O3/c1-2-3-4-5-6-7-8-10-14-11-9-12-15-13-14;2-1(3)4/h9,11-13H,2-8,10H2,1H3;(H2,2,3,4). The lowest BCUT2D eigenvalue weighted by Crippen LogP contribution is -1.86. The van der Waals surface area contributed by atoms with Crippen LogP contribution in [0.3, 0.4) is 0 Å². The average Bonchev–Trinajstić information content (AvgIpc) is 2.38. The molecule has 0 saturated carbocycles. The van der Waals surface area contributed by atoms with Gasteiger partial charge in [0.1, 0.15) is 0 Å². The first kappa shape index (κ1) is 17.4. The highest BCUT2D eigenvalue weighted by Gasteiger charge is 1.93. The summed E-state index contributed by atoms with van der Waals surface area (Å²) in [6.07, 6.45) is 12.9. The van der Waals surface area contributed by atoms with E-state index in [-0.39, 0.29) is 0 Å². The topological polar surface area (TPSA) is 70.4 Å². The van der Waals surface area contributed by atoms with Crippen molar-refractivity contribution < 1.29 is 15.0 Å². The smallest absolute Gasteiger partial charge is 0.450 e. The minimum atomic E-state index is -1.83. The van der Waals surface area contributed by atoms with Crippen LogP contribution in [0.15, 0.2) is 24.5 Å². The number of hydrogen-bond acceptors (Lipinski definition) is 2. The largest absolute Gasteiger partial charge is 0.503 e. The van der Waals surface area contributed by atoms with Crippen molar-refractivity contribution in [3.05, 3.63) is 30.1 Å². The molecule has 0 aliphatic heterocycles. The minimum Gasteiger partial charge on any atom is -0.450 e. The van der Waals surface area contributed by atoms with Gasteiger partial charge in [0.05, 0.1) is 0 Å². The van der Waals surface area contributed by atoms with Crippen LogP contribution >= 0.6 is 0 Å². The Labute approximate surface area is 115 Å². The number of pyridine rings is 1. The van der Waals surface area contributed by atoms with Crippen molar-refractivity contribution in [3.63, 3.8) is 0 Å². The summed E-state index contributed by atoms with van der Waals surface area (Å²) in [7, 11) is 0. The predicted octanol–water partition coefficient (Wildman–Crippen LogP) is 4.60. The van der Waals surface area contributed by atoms with E-state index in [1.165, 1.54) is 56.9 Å². The van der Waals surface area contributed by atoms with Crippen LogP contribution in [0.1, 0.15) is 57.4 Å². The monoisotopic (exact) mass is 267 g/mol. The Bertz CT molecular complexity index is 310. The van der Waals surface area contributed by atoms with Crippen LogP contribution in [0.5, 0.6) is 0 Å². The SMILES string of the molecule is CCCCCCCCCc1cccnc1.O=C(O)O. The molecule has 1 aromatic heterocycles. The van der Waals surface area contributed by atoms with E-state index in [2.05, 4.69) is 18.0 Å². The first-order valence-electron chi connectivity index (χ1n) is 6.97. The molecule has 0 spiro atoms. The van der Waals surface area contributed by atoms with Gasteiger partial charge in [-0.3, -0.25) is 4.98 Å². The summed E-state index contributed by atoms with van der Waals surface area (Å²) in [4.78, 5) is 12.7. The van der Waals surface area contributed by atoms with E-state index in [0.29, 0.717) is 0 Å². The fourth-order valence-corrected chi connectivity index (χ4v) is 1.83. The van der Waals surface area contributed by atoms with Gasteiger partial charge in [-0.1, -0.05) is 51.5 Å². The van der Waals surface area contributed by atoms with Gasteiger partial charge in [-0.25, -0.2) is 4.79 Å². The summed E-state index contributed by atoms with van der Waals surface area (Å²) in [6, 6.07) is 4.20. The van der Waals surface area contributed by atoms with Crippen molar-refractivity contribution in [2.75, 3.05) is 0 Å². The van der Waals surface area contributed by atoms with Crippen molar-refractivity contribution in [3.8, 4) is 0 Å². The molecule has 4 nitrogen and oxygen atoms in total. The second-order valence-corrected chi connectivity index (χ2v) is 4.52. The Morgan fingerprint density at radius 1 is 1.11 bits per heavy atom. The number of unbranched alkanes of at least 4 members (excludes halogenated alkanes) is 6. The van der Waals surface area contributed by atoms with Gasteiger partial charge in [-0.15, -0.1) is 0 Å². The van der Waals surface area contributed by atoms with E-state index < -0.39 is 6.16 Å². The predicted molar refractivity (Wildman–Crippen MR) is 76.6 cm³/mol. The lowest BCUT2D eigenvalue weighted by Gasteiger charge is -2.01. The molecule has 1 aromatic rings. The zero-order valence-electron chi connectivity index (χ0n) is 11.7. The molecule has 0 bridgehead atoms. The fraction of sp³-hybridized carbons (Fsp3) is 0.600. The Hall–Kier alpha value is -1.58. The summed E-state index contributed by atoms with van der Waals surface area (Å²) in [6.45, 7) is 2.27. The molecule has 1 rings (SSSR count). The van der Waals surface area contributed by atoms with Crippen LogP contribution in [0, 0.1) is 0 Å². The maximum Gasteiger partial charge on any atom is 0.503 e. The van der Waals surface area contributed by atoms with Crippen LogP contribution in [0.25, 0.3) is 0 Å². The first-order chi connectivity index (χ1) is 9.16. The quantitative estimate of drug-likeness (QED) is 0.675. The maximum absolute atomic E-state index is 8.56. The van der Waals surface area contributed by atoms with Crippen LogP contribution < -0.4 is 0 Å². The van der Waals surface area contributed by atoms with Gasteiger partial charge >= 0.3 is 6.16 Å². The molecule has 1 heterocycles. The number of hydrogen-bond donors (Lipinski definition) is 2. The van der Waals surface area contributed by atoms with Gasteiger partial charge in [0, 0.05) is 12.4 Å².